The van der Waals surface area contributed by atoms with Crippen LogP contribution < -0.4 is 16.0 Å². The molecule has 0 aromatic heterocycles. The predicted molar refractivity (Wildman–Crippen MR) is 130 cm³/mol. The minimum atomic E-state index is -0.327. The molecule has 2 aliphatic rings. The molecule has 0 atom stereocenters. The average Bonchev–Trinajstić information content (AvgIpc) is 3.64. The molecule has 172 valence electrons. The second kappa shape index (κ2) is 10.7. The van der Waals surface area contributed by atoms with Gasteiger partial charge in [-0.05, 0) is 67.7 Å². The van der Waals surface area contributed by atoms with Gasteiger partial charge < -0.3 is 16.0 Å². The van der Waals surface area contributed by atoms with Crippen LogP contribution in [0.2, 0.25) is 5.02 Å². The zero-order chi connectivity index (χ0) is 23.2. The Labute approximate surface area is 198 Å². The van der Waals surface area contributed by atoms with Gasteiger partial charge in [-0.2, -0.15) is 0 Å². The third-order valence-electron chi connectivity index (χ3n) is 5.93. The standard InChI is InChI=1S/C26H28ClN3O3/c27-23-14-13-21(16-22(23)26(33)30-19-4-2-1-3-5-19)28-24(31)15-8-17-6-9-18(10-7-17)25(32)29-20-11-12-20/h6-10,13-16,19-20H,1-5,11-12H2,(H,28,31)(H,29,32)(H,30,33). The van der Waals surface area contributed by atoms with E-state index >= 15 is 0 Å². The molecule has 0 bridgehead atoms. The highest BCUT2D eigenvalue weighted by molar-refractivity contribution is 6.34. The SMILES string of the molecule is O=C(C=Cc1ccc(C(=O)NC2CC2)cc1)Nc1ccc(Cl)c(C(=O)NC2CCCCC2)c1. The first-order valence-corrected chi connectivity index (χ1v) is 11.9. The quantitative estimate of drug-likeness (QED) is 0.506. The summed E-state index contributed by atoms with van der Waals surface area (Å²) in [6.07, 6.45) is 10.6. The summed E-state index contributed by atoms with van der Waals surface area (Å²) in [4.78, 5) is 37.1. The summed E-state index contributed by atoms with van der Waals surface area (Å²) in [5.74, 6) is -0.618. The number of hydrogen-bond donors (Lipinski definition) is 3. The van der Waals surface area contributed by atoms with Crippen LogP contribution in [0.1, 0.15) is 71.2 Å². The van der Waals surface area contributed by atoms with Gasteiger partial charge in [0.15, 0.2) is 0 Å². The molecule has 6 nitrogen and oxygen atoms in total. The first-order valence-electron chi connectivity index (χ1n) is 11.5. The van der Waals surface area contributed by atoms with Crippen molar-refractivity contribution in [2.24, 2.45) is 0 Å². The van der Waals surface area contributed by atoms with E-state index in [0.29, 0.717) is 27.9 Å². The zero-order valence-electron chi connectivity index (χ0n) is 18.4. The second-order valence-electron chi connectivity index (χ2n) is 8.70. The Hall–Kier alpha value is -3.12. The Kier molecular flexibility index (Phi) is 7.45. The van der Waals surface area contributed by atoms with Crippen molar-refractivity contribution < 1.29 is 14.4 Å². The van der Waals surface area contributed by atoms with Gasteiger partial charge in [0, 0.05) is 29.4 Å². The van der Waals surface area contributed by atoms with E-state index < -0.39 is 0 Å². The van der Waals surface area contributed by atoms with Crippen LogP contribution in [0.15, 0.2) is 48.5 Å². The topological polar surface area (TPSA) is 87.3 Å². The van der Waals surface area contributed by atoms with E-state index in [4.69, 9.17) is 11.6 Å². The molecule has 2 aromatic rings. The lowest BCUT2D eigenvalue weighted by atomic mass is 9.95. The molecule has 3 N–H and O–H groups in total. The summed E-state index contributed by atoms with van der Waals surface area (Å²) in [6, 6.07) is 12.4. The lowest BCUT2D eigenvalue weighted by Gasteiger charge is -2.23. The van der Waals surface area contributed by atoms with Crippen molar-refractivity contribution in [3.63, 3.8) is 0 Å². The predicted octanol–water partition coefficient (Wildman–Crippen LogP) is 4.95. The summed E-state index contributed by atoms with van der Waals surface area (Å²) >= 11 is 6.24. The maximum absolute atomic E-state index is 12.7. The van der Waals surface area contributed by atoms with E-state index in [9.17, 15) is 14.4 Å². The molecule has 2 saturated carbocycles. The van der Waals surface area contributed by atoms with E-state index in [2.05, 4.69) is 16.0 Å². The first-order chi connectivity index (χ1) is 16.0. The normalized spacial score (nSPS) is 16.4. The molecule has 0 spiro atoms. The van der Waals surface area contributed by atoms with E-state index in [1.165, 1.54) is 12.5 Å². The van der Waals surface area contributed by atoms with E-state index in [1.54, 1.807) is 48.5 Å². The van der Waals surface area contributed by atoms with E-state index in [1.807, 2.05) is 0 Å². The van der Waals surface area contributed by atoms with Crippen LogP contribution >= 0.6 is 11.6 Å². The molecule has 4 rings (SSSR count). The van der Waals surface area contributed by atoms with Crippen molar-refractivity contribution in [1.29, 1.82) is 0 Å². The van der Waals surface area contributed by atoms with E-state index in [-0.39, 0.29) is 23.8 Å². The van der Waals surface area contributed by atoms with Crippen LogP contribution in [0.5, 0.6) is 0 Å². The van der Waals surface area contributed by atoms with Crippen LogP contribution in [-0.4, -0.2) is 29.8 Å². The van der Waals surface area contributed by atoms with Gasteiger partial charge in [-0.3, -0.25) is 14.4 Å². The van der Waals surface area contributed by atoms with Crippen molar-refractivity contribution in [1.82, 2.24) is 10.6 Å². The fourth-order valence-electron chi connectivity index (χ4n) is 3.88. The molecule has 0 heterocycles. The Bertz CT molecular complexity index is 1050. The number of carbonyl (C=O) groups excluding carboxylic acids is 3. The van der Waals surface area contributed by atoms with Gasteiger partial charge in [-0.25, -0.2) is 0 Å². The molecular weight excluding hydrogens is 438 g/mol. The summed E-state index contributed by atoms with van der Waals surface area (Å²) < 4.78 is 0. The molecule has 7 heteroatoms. The molecule has 2 aromatic carbocycles. The van der Waals surface area contributed by atoms with Crippen LogP contribution in [0.25, 0.3) is 6.08 Å². The van der Waals surface area contributed by atoms with E-state index in [0.717, 1.165) is 44.1 Å². The summed E-state index contributed by atoms with van der Waals surface area (Å²) in [7, 11) is 0. The van der Waals surface area contributed by atoms with Crippen molar-refractivity contribution in [2.45, 2.75) is 57.0 Å². The van der Waals surface area contributed by atoms with Crippen molar-refractivity contribution >= 4 is 41.1 Å². The number of anilines is 1. The van der Waals surface area contributed by atoms with Crippen molar-refractivity contribution in [3.8, 4) is 0 Å². The van der Waals surface area contributed by atoms with Crippen molar-refractivity contribution in [3.05, 3.63) is 70.3 Å². The second-order valence-corrected chi connectivity index (χ2v) is 9.10. The van der Waals surface area contributed by atoms with Gasteiger partial charge in [0.2, 0.25) is 5.91 Å². The Morgan fingerprint density at radius 1 is 0.818 bits per heavy atom. The number of nitrogens with one attached hydrogen (secondary N) is 3. The highest BCUT2D eigenvalue weighted by Gasteiger charge is 2.23. The molecule has 0 radical (unpaired) electrons. The fourth-order valence-corrected chi connectivity index (χ4v) is 4.09. The van der Waals surface area contributed by atoms with Gasteiger partial charge in [0.05, 0.1) is 10.6 Å². The summed E-state index contributed by atoms with van der Waals surface area (Å²) in [5.41, 5.74) is 2.25. The van der Waals surface area contributed by atoms with Gasteiger partial charge in [0.1, 0.15) is 0 Å². The Balaban J connectivity index is 1.33. The highest BCUT2D eigenvalue weighted by Crippen LogP contribution is 2.23. The average molecular weight is 466 g/mol. The van der Waals surface area contributed by atoms with Gasteiger partial charge in [-0.15, -0.1) is 0 Å². The van der Waals surface area contributed by atoms with Crippen LogP contribution in [0.4, 0.5) is 5.69 Å². The highest BCUT2D eigenvalue weighted by atomic mass is 35.5. The maximum Gasteiger partial charge on any atom is 0.253 e. The first kappa shape index (κ1) is 23.1. The van der Waals surface area contributed by atoms with Crippen molar-refractivity contribution in [2.75, 3.05) is 5.32 Å². The largest absolute Gasteiger partial charge is 0.349 e. The molecule has 3 amide bonds. The van der Waals surface area contributed by atoms with Crippen LogP contribution in [0, 0.1) is 0 Å². The molecule has 33 heavy (non-hydrogen) atoms. The number of amides is 3. The minimum Gasteiger partial charge on any atom is -0.349 e. The molecular formula is C26H28ClN3O3. The number of halogens is 1. The molecule has 2 aliphatic carbocycles. The fraction of sp³-hybridized carbons (Fsp3) is 0.346. The number of hydrogen-bond acceptors (Lipinski definition) is 3. The lowest BCUT2D eigenvalue weighted by Crippen LogP contribution is -2.36. The number of carbonyl (C=O) groups is 3. The van der Waals surface area contributed by atoms with Gasteiger partial charge in [0.25, 0.3) is 11.8 Å². The Morgan fingerprint density at radius 2 is 1.48 bits per heavy atom. The molecule has 2 fully saturated rings. The molecule has 0 unspecified atom stereocenters. The smallest absolute Gasteiger partial charge is 0.253 e. The lowest BCUT2D eigenvalue weighted by molar-refractivity contribution is -0.111. The minimum absolute atomic E-state index is 0.0724. The summed E-state index contributed by atoms with van der Waals surface area (Å²) in [5, 5.41) is 9.12. The van der Waals surface area contributed by atoms with Gasteiger partial charge >= 0.3 is 0 Å². The van der Waals surface area contributed by atoms with Crippen LogP contribution in [-0.2, 0) is 4.79 Å². The zero-order valence-corrected chi connectivity index (χ0v) is 19.2. The third-order valence-corrected chi connectivity index (χ3v) is 6.26. The molecule has 0 aliphatic heterocycles. The summed E-state index contributed by atoms with van der Waals surface area (Å²) in [6.45, 7) is 0. The van der Waals surface area contributed by atoms with Crippen LogP contribution in [0.3, 0.4) is 0 Å². The number of benzene rings is 2. The number of rotatable bonds is 7. The third kappa shape index (κ3) is 6.68. The maximum atomic E-state index is 12.7. The Morgan fingerprint density at radius 3 is 2.18 bits per heavy atom. The van der Waals surface area contributed by atoms with Gasteiger partial charge in [-0.1, -0.05) is 43.0 Å². The monoisotopic (exact) mass is 465 g/mol. The molecule has 0 saturated heterocycles.